The van der Waals surface area contributed by atoms with Gasteiger partial charge in [-0.3, -0.25) is 9.78 Å². The summed E-state index contributed by atoms with van der Waals surface area (Å²) in [5, 5.41) is 3.47. The fourth-order valence-electron chi connectivity index (χ4n) is 3.31. The zero-order valence-corrected chi connectivity index (χ0v) is 15.1. The third kappa shape index (κ3) is 3.97. The van der Waals surface area contributed by atoms with Crippen LogP contribution < -0.4 is 5.32 Å². The van der Waals surface area contributed by atoms with Gasteiger partial charge in [0, 0.05) is 48.8 Å². The molecule has 3 aromatic rings. The molecule has 1 saturated heterocycles. The van der Waals surface area contributed by atoms with E-state index in [0.29, 0.717) is 18.1 Å². The number of likely N-dealkylation sites (tertiary alicyclic amines) is 1. The number of rotatable bonds is 4. The van der Waals surface area contributed by atoms with Gasteiger partial charge in [-0.05, 0) is 44.0 Å². The molecule has 0 aliphatic carbocycles. The average molecular weight is 363 g/mol. The minimum absolute atomic E-state index is 0.0681. The van der Waals surface area contributed by atoms with Crippen LogP contribution in [0, 0.1) is 6.92 Å². The van der Waals surface area contributed by atoms with Crippen LogP contribution in [0.15, 0.2) is 53.4 Å². The molecule has 0 saturated carbocycles. The van der Waals surface area contributed by atoms with Crippen LogP contribution in [-0.2, 0) is 0 Å². The molecule has 138 valence electrons. The maximum atomic E-state index is 12.5. The summed E-state index contributed by atoms with van der Waals surface area (Å²) in [7, 11) is 0. The maximum Gasteiger partial charge on any atom is 0.289 e. The number of nitrogens with one attached hydrogen (secondary N) is 1. The molecule has 1 aliphatic heterocycles. The number of amides is 1. The summed E-state index contributed by atoms with van der Waals surface area (Å²) in [6.45, 7) is 3.30. The van der Waals surface area contributed by atoms with Crippen molar-refractivity contribution in [3.05, 3.63) is 60.4 Å². The third-order valence-corrected chi connectivity index (χ3v) is 4.57. The van der Waals surface area contributed by atoms with Crippen molar-refractivity contribution >= 4 is 11.7 Å². The van der Waals surface area contributed by atoms with Crippen LogP contribution in [0.25, 0.3) is 11.4 Å². The van der Waals surface area contributed by atoms with E-state index in [2.05, 4.69) is 20.3 Å². The molecule has 1 N–H and O–H groups in total. The van der Waals surface area contributed by atoms with E-state index in [1.165, 1.54) is 6.26 Å². The molecule has 0 radical (unpaired) electrons. The molecule has 0 unspecified atom stereocenters. The van der Waals surface area contributed by atoms with Crippen molar-refractivity contribution in [3.63, 3.8) is 0 Å². The standard InChI is InChI=1S/C20H21N5O2/c1-14-11-18(24-19(22-14)15-5-2-8-21-12-15)23-16-6-3-9-25(13-16)20(26)17-7-4-10-27-17/h2,4-5,7-8,10-12,16H,3,6,9,13H2,1H3,(H,22,23,24)/t16-/m1/s1. The second kappa shape index (κ2) is 7.57. The third-order valence-electron chi connectivity index (χ3n) is 4.57. The van der Waals surface area contributed by atoms with Crippen LogP contribution >= 0.6 is 0 Å². The van der Waals surface area contributed by atoms with Crippen LogP contribution in [0.4, 0.5) is 5.82 Å². The van der Waals surface area contributed by atoms with Crippen molar-refractivity contribution in [1.29, 1.82) is 0 Å². The molecule has 27 heavy (non-hydrogen) atoms. The first-order valence-corrected chi connectivity index (χ1v) is 9.04. The predicted octanol–water partition coefficient (Wildman–Crippen LogP) is 3.16. The summed E-state index contributed by atoms with van der Waals surface area (Å²) in [6.07, 6.45) is 6.92. The summed E-state index contributed by atoms with van der Waals surface area (Å²) in [6, 6.07) is 9.30. The zero-order chi connectivity index (χ0) is 18.6. The highest BCUT2D eigenvalue weighted by atomic mass is 16.3. The van der Waals surface area contributed by atoms with Crippen molar-refractivity contribution in [1.82, 2.24) is 19.9 Å². The number of aromatic nitrogens is 3. The number of hydrogen-bond donors (Lipinski definition) is 1. The average Bonchev–Trinajstić information content (AvgIpc) is 3.23. The molecular formula is C20H21N5O2. The van der Waals surface area contributed by atoms with E-state index >= 15 is 0 Å². The Morgan fingerprint density at radius 1 is 1.30 bits per heavy atom. The largest absolute Gasteiger partial charge is 0.459 e. The van der Waals surface area contributed by atoms with Crippen LogP contribution in [0.2, 0.25) is 0 Å². The Hall–Kier alpha value is -3.22. The highest BCUT2D eigenvalue weighted by molar-refractivity contribution is 5.91. The van der Waals surface area contributed by atoms with Gasteiger partial charge in [0.1, 0.15) is 5.82 Å². The van der Waals surface area contributed by atoms with Crippen LogP contribution in [0.3, 0.4) is 0 Å². The minimum Gasteiger partial charge on any atom is -0.459 e. The number of nitrogens with zero attached hydrogens (tertiary/aromatic N) is 4. The van der Waals surface area contributed by atoms with Crippen molar-refractivity contribution < 1.29 is 9.21 Å². The number of anilines is 1. The summed E-state index contributed by atoms with van der Waals surface area (Å²) in [4.78, 5) is 27.6. The van der Waals surface area contributed by atoms with Crippen LogP contribution in [-0.4, -0.2) is 44.9 Å². The van der Waals surface area contributed by atoms with E-state index in [9.17, 15) is 4.79 Å². The first-order valence-electron chi connectivity index (χ1n) is 9.04. The van der Waals surface area contributed by atoms with E-state index in [1.54, 1.807) is 24.5 Å². The summed E-state index contributed by atoms with van der Waals surface area (Å²) in [5.74, 6) is 1.72. The van der Waals surface area contributed by atoms with Gasteiger partial charge in [-0.2, -0.15) is 0 Å². The molecule has 0 bridgehead atoms. The first kappa shape index (κ1) is 17.2. The Bertz CT molecular complexity index is 911. The summed E-state index contributed by atoms with van der Waals surface area (Å²) >= 11 is 0. The number of piperidine rings is 1. The Morgan fingerprint density at radius 3 is 3.00 bits per heavy atom. The lowest BCUT2D eigenvalue weighted by Gasteiger charge is -2.33. The lowest BCUT2D eigenvalue weighted by atomic mass is 10.1. The molecule has 3 aromatic heterocycles. The molecule has 1 fully saturated rings. The normalized spacial score (nSPS) is 16.9. The molecule has 7 nitrogen and oxygen atoms in total. The van der Waals surface area contributed by atoms with Gasteiger partial charge in [-0.15, -0.1) is 0 Å². The fraction of sp³-hybridized carbons (Fsp3) is 0.300. The van der Waals surface area contributed by atoms with Crippen molar-refractivity contribution in [2.45, 2.75) is 25.8 Å². The van der Waals surface area contributed by atoms with Gasteiger partial charge in [-0.1, -0.05) is 0 Å². The van der Waals surface area contributed by atoms with E-state index in [0.717, 1.165) is 36.5 Å². The molecule has 1 atom stereocenters. The summed E-state index contributed by atoms with van der Waals surface area (Å²) in [5.41, 5.74) is 1.76. The number of carbonyl (C=O) groups is 1. The van der Waals surface area contributed by atoms with Crippen molar-refractivity contribution in [3.8, 4) is 11.4 Å². The zero-order valence-electron chi connectivity index (χ0n) is 15.1. The lowest BCUT2D eigenvalue weighted by Crippen LogP contribution is -2.45. The second-order valence-electron chi connectivity index (χ2n) is 6.67. The molecule has 1 aliphatic rings. The number of furan rings is 1. The molecule has 4 heterocycles. The monoisotopic (exact) mass is 363 g/mol. The van der Waals surface area contributed by atoms with Crippen molar-refractivity contribution in [2.75, 3.05) is 18.4 Å². The van der Waals surface area contributed by atoms with Gasteiger partial charge < -0.3 is 14.6 Å². The lowest BCUT2D eigenvalue weighted by molar-refractivity contribution is 0.0682. The van der Waals surface area contributed by atoms with Gasteiger partial charge in [0.05, 0.1) is 6.26 Å². The number of pyridine rings is 1. The molecular weight excluding hydrogens is 342 g/mol. The number of aryl methyl sites for hydroxylation is 1. The number of carbonyl (C=O) groups excluding carboxylic acids is 1. The fourth-order valence-corrected chi connectivity index (χ4v) is 3.31. The van der Waals surface area contributed by atoms with Gasteiger partial charge in [0.15, 0.2) is 11.6 Å². The van der Waals surface area contributed by atoms with Crippen LogP contribution in [0.1, 0.15) is 29.1 Å². The quantitative estimate of drug-likeness (QED) is 0.766. The Morgan fingerprint density at radius 2 is 2.22 bits per heavy atom. The van der Waals surface area contributed by atoms with Gasteiger partial charge in [0.25, 0.3) is 5.91 Å². The van der Waals surface area contributed by atoms with Crippen molar-refractivity contribution in [2.24, 2.45) is 0 Å². The van der Waals surface area contributed by atoms with Gasteiger partial charge in [0.2, 0.25) is 0 Å². The highest BCUT2D eigenvalue weighted by Crippen LogP contribution is 2.20. The SMILES string of the molecule is Cc1cc(N[C@@H]2CCCN(C(=O)c3ccco3)C2)nc(-c2cccnc2)n1. The van der Waals surface area contributed by atoms with Gasteiger partial charge in [-0.25, -0.2) is 9.97 Å². The molecule has 7 heteroatoms. The molecule has 1 amide bonds. The van der Waals surface area contributed by atoms with Crippen LogP contribution in [0.5, 0.6) is 0 Å². The molecule has 0 spiro atoms. The Balaban J connectivity index is 1.49. The maximum absolute atomic E-state index is 12.5. The van der Waals surface area contributed by atoms with E-state index < -0.39 is 0 Å². The molecule has 4 rings (SSSR count). The Labute approximate surface area is 157 Å². The van der Waals surface area contributed by atoms with E-state index in [-0.39, 0.29) is 11.9 Å². The molecule has 0 aromatic carbocycles. The smallest absolute Gasteiger partial charge is 0.289 e. The predicted molar refractivity (Wildman–Crippen MR) is 101 cm³/mol. The number of hydrogen-bond acceptors (Lipinski definition) is 6. The topological polar surface area (TPSA) is 84.2 Å². The second-order valence-corrected chi connectivity index (χ2v) is 6.67. The first-order chi connectivity index (χ1) is 13.2. The highest BCUT2D eigenvalue weighted by Gasteiger charge is 2.26. The summed E-state index contributed by atoms with van der Waals surface area (Å²) < 4.78 is 5.24. The van der Waals surface area contributed by atoms with E-state index in [1.807, 2.05) is 30.0 Å². The minimum atomic E-state index is -0.0681. The Kier molecular flexibility index (Phi) is 4.82. The van der Waals surface area contributed by atoms with E-state index in [4.69, 9.17) is 4.42 Å². The van der Waals surface area contributed by atoms with Gasteiger partial charge >= 0.3 is 0 Å².